The van der Waals surface area contributed by atoms with Gasteiger partial charge in [0.25, 0.3) is 5.91 Å². The Morgan fingerprint density at radius 1 is 1.12 bits per heavy atom. The van der Waals surface area contributed by atoms with Crippen LogP contribution >= 0.6 is 0 Å². The van der Waals surface area contributed by atoms with Gasteiger partial charge in [-0.3, -0.25) is 14.5 Å². The lowest BCUT2D eigenvalue weighted by atomic mass is 10.1. The molecular weight excluding hydrogens is 416 g/mol. The van der Waals surface area contributed by atoms with Gasteiger partial charge >= 0.3 is 0 Å². The van der Waals surface area contributed by atoms with E-state index in [0.29, 0.717) is 25.7 Å². The average Bonchev–Trinajstić information content (AvgIpc) is 3.55. The molecule has 3 N–H and O–H groups in total. The van der Waals surface area contributed by atoms with Gasteiger partial charge in [0, 0.05) is 44.8 Å². The van der Waals surface area contributed by atoms with Crippen molar-refractivity contribution >= 4 is 17.6 Å². The van der Waals surface area contributed by atoms with E-state index in [0.717, 1.165) is 30.6 Å². The second-order valence-electron chi connectivity index (χ2n) is 7.94. The van der Waals surface area contributed by atoms with E-state index >= 15 is 0 Å². The van der Waals surface area contributed by atoms with E-state index in [-0.39, 0.29) is 12.0 Å². The molecule has 1 atom stereocenters. The summed E-state index contributed by atoms with van der Waals surface area (Å²) in [4.78, 5) is 16.6. The summed E-state index contributed by atoms with van der Waals surface area (Å²) in [5, 5.41) is 14.0. The molecule has 1 aliphatic rings. The number of hydrogen-bond acceptors (Lipinski definition) is 4. The zero-order valence-corrected chi connectivity index (χ0v) is 18.8. The van der Waals surface area contributed by atoms with Crippen molar-refractivity contribution in [2.45, 2.75) is 38.6 Å². The summed E-state index contributed by atoms with van der Waals surface area (Å²) in [5.41, 5.74) is 4.21. The minimum absolute atomic E-state index is 0.0798. The van der Waals surface area contributed by atoms with E-state index in [1.165, 1.54) is 11.1 Å². The van der Waals surface area contributed by atoms with E-state index in [4.69, 9.17) is 4.74 Å². The summed E-state index contributed by atoms with van der Waals surface area (Å²) in [5.74, 6) is 0.626. The van der Waals surface area contributed by atoms with Crippen molar-refractivity contribution in [1.29, 1.82) is 0 Å². The Balaban J connectivity index is 1.30. The lowest BCUT2D eigenvalue weighted by molar-refractivity contribution is -0.124. The molecule has 172 valence electrons. The Hall–Kier alpha value is -3.65. The van der Waals surface area contributed by atoms with Gasteiger partial charge in [-0.15, -0.1) is 0 Å². The van der Waals surface area contributed by atoms with Crippen LogP contribution in [-0.4, -0.2) is 41.4 Å². The van der Waals surface area contributed by atoms with Crippen LogP contribution in [0, 0.1) is 0 Å². The molecule has 1 aliphatic heterocycles. The SMILES string of the molecule is CN=C(NCc1cccc(NC(=O)C2CCCO2)c1)NCc1ccccc1Cn1cccn1. The van der Waals surface area contributed by atoms with Gasteiger partial charge in [0.05, 0.1) is 6.54 Å². The minimum atomic E-state index is -0.342. The number of carbonyl (C=O) groups excluding carboxylic acids is 1. The van der Waals surface area contributed by atoms with Crippen LogP contribution in [0.2, 0.25) is 0 Å². The number of rotatable bonds is 8. The van der Waals surface area contributed by atoms with Crippen LogP contribution in [0.3, 0.4) is 0 Å². The topological polar surface area (TPSA) is 92.6 Å². The molecule has 1 fully saturated rings. The molecule has 1 saturated heterocycles. The molecule has 33 heavy (non-hydrogen) atoms. The Kier molecular flexibility index (Phi) is 7.71. The lowest BCUT2D eigenvalue weighted by Gasteiger charge is -2.15. The van der Waals surface area contributed by atoms with E-state index in [1.807, 2.05) is 53.3 Å². The number of hydrogen-bond donors (Lipinski definition) is 3. The van der Waals surface area contributed by atoms with Crippen LogP contribution in [0.15, 0.2) is 72.0 Å². The standard InChI is InChI=1S/C25H30N6O2/c1-26-25(28-17-20-8-2-3-9-21(20)18-31-13-6-12-29-31)27-16-19-7-4-10-22(15-19)30-24(32)23-11-5-14-33-23/h2-4,6-10,12-13,15,23H,5,11,14,16-18H2,1H3,(H,30,32)(H2,26,27,28). The Morgan fingerprint density at radius 3 is 2.73 bits per heavy atom. The number of benzene rings is 2. The number of nitrogens with one attached hydrogen (secondary N) is 3. The number of nitrogens with zero attached hydrogens (tertiary/aromatic N) is 3. The van der Waals surface area contributed by atoms with Crippen molar-refractivity contribution < 1.29 is 9.53 Å². The zero-order chi connectivity index (χ0) is 22.9. The maximum absolute atomic E-state index is 12.3. The van der Waals surface area contributed by atoms with Gasteiger partial charge in [-0.25, -0.2) is 0 Å². The number of ether oxygens (including phenoxy) is 1. The van der Waals surface area contributed by atoms with E-state index in [1.54, 1.807) is 13.2 Å². The number of aromatic nitrogens is 2. The van der Waals surface area contributed by atoms with Crippen LogP contribution in [0.25, 0.3) is 0 Å². The molecular formula is C25H30N6O2. The largest absolute Gasteiger partial charge is 0.368 e. The monoisotopic (exact) mass is 446 g/mol. The van der Waals surface area contributed by atoms with E-state index in [9.17, 15) is 4.79 Å². The molecule has 0 radical (unpaired) electrons. The first-order chi connectivity index (χ1) is 16.2. The number of anilines is 1. The molecule has 1 unspecified atom stereocenters. The third kappa shape index (κ3) is 6.43. The van der Waals surface area contributed by atoms with Crippen molar-refractivity contribution in [2.75, 3.05) is 19.0 Å². The first kappa shape index (κ1) is 22.5. The van der Waals surface area contributed by atoms with E-state index in [2.05, 4.69) is 38.2 Å². The number of carbonyl (C=O) groups is 1. The van der Waals surface area contributed by atoms with Gasteiger partial charge in [-0.1, -0.05) is 36.4 Å². The van der Waals surface area contributed by atoms with Gasteiger partial charge in [-0.05, 0) is 47.7 Å². The normalized spacial score (nSPS) is 15.9. The fraction of sp³-hybridized carbons (Fsp3) is 0.320. The highest BCUT2D eigenvalue weighted by Crippen LogP contribution is 2.16. The van der Waals surface area contributed by atoms with Gasteiger partial charge in [0.2, 0.25) is 0 Å². The smallest absolute Gasteiger partial charge is 0.253 e. The second-order valence-corrected chi connectivity index (χ2v) is 7.94. The summed E-state index contributed by atoms with van der Waals surface area (Å²) >= 11 is 0. The van der Waals surface area contributed by atoms with Gasteiger partial charge in [0.15, 0.2) is 5.96 Å². The number of amides is 1. The minimum Gasteiger partial charge on any atom is -0.368 e. The highest BCUT2D eigenvalue weighted by molar-refractivity contribution is 5.94. The second kappa shape index (κ2) is 11.3. The van der Waals surface area contributed by atoms with Crippen molar-refractivity contribution in [3.63, 3.8) is 0 Å². The maximum atomic E-state index is 12.3. The summed E-state index contributed by atoms with van der Waals surface area (Å²) < 4.78 is 7.37. The van der Waals surface area contributed by atoms with Crippen molar-refractivity contribution in [2.24, 2.45) is 4.99 Å². The summed E-state index contributed by atoms with van der Waals surface area (Å²) in [6, 6.07) is 18.0. The molecule has 1 amide bonds. The molecule has 8 nitrogen and oxygen atoms in total. The van der Waals surface area contributed by atoms with Crippen molar-refractivity contribution in [3.8, 4) is 0 Å². The number of aliphatic imine (C=N–C) groups is 1. The highest BCUT2D eigenvalue weighted by atomic mass is 16.5. The first-order valence-corrected chi connectivity index (χ1v) is 11.2. The molecule has 0 saturated carbocycles. The Labute approximate surface area is 194 Å². The van der Waals surface area contributed by atoms with Gasteiger partial charge in [-0.2, -0.15) is 5.10 Å². The highest BCUT2D eigenvalue weighted by Gasteiger charge is 2.23. The average molecular weight is 447 g/mol. The van der Waals surface area contributed by atoms with Crippen LogP contribution in [0.5, 0.6) is 0 Å². The van der Waals surface area contributed by atoms with Gasteiger partial charge < -0.3 is 20.7 Å². The molecule has 1 aromatic heterocycles. The lowest BCUT2D eigenvalue weighted by Crippen LogP contribution is -2.36. The molecule has 8 heteroatoms. The maximum Gasteiger partial charge on any atom is 0.253 e. The molecule has 0 bridgehead atoms. The Morgan fingerprint density at radius 2 is 1.97 bits per heavy atom. The Bertz CT molecular complexity index is 1070. The third-order valence-corrected chi connectivity index (χ3v) is 5.56. The van der Waals surface area contributed by atoms with Crippen LogP contribution in [-0.2, 0) is 29.2 Å². The summed E-state index contributed by atoms with van der Waals surface area (Å²) in [7, 11) is 1.75. The molecule has 2 heterocycles. The fourth-order valence-corrected chi connectivity index (χ4v) is 3.80. The van der Waals surface area contributed by atoms with Crippen LogP contribution in [0.1, 0.15) is 29.5 Å². The summed E-state index contributed by atoms with van der Waals surface area (Å²) in [6.45, 7) is 2.61. The first-order valence-electron chi connectivity index (χ1n) is 11.2. The van der Waals surface area contributed by atoms with E-state index < -0.39 is 0 Å². The molecule has 3 aromatic rings. The van der Waals surface area contributed by atoms with Crippen molar-refractivity contribution in [3.05, 3.63) is 83.7 Å². The zero-order valence-electron chi connectivity index (χ0n) is 18.8. The quantitative estimate of drug-likeness (QED) is 0.366. The van der Waals surface area contributed by atoms with Gasteiger partial charge in [0.1, 0.15) is 6.10 Å². The van der Waals surface area contributed by atoms with Crippen LogP contribution < -0.4 is 16.0 Å². The predicted octanol–water partition coefficient (Wildman–Crippen LogP) is 2.91. The fourth-order valence-electron chi connectivity index (χ4n) is 3.80. The summed E-state index contributed by atoms with van der Waals surface area (Å²) in [6.07, 6.45) is 5.12. The van der Waals surface area contributed by atoms with Crippen molar-refractivity contribution in [1.82, 2.24) is 20.4 Å². The third-order valence-electron chi connectivity index (χ3n) is 5.56. The predicted molar refractivity (Wildman–Crippen MR) is 129 cm³/mol. The molecule has 0 spiro atoms. The molecule has 4 rings (SSSR count). The molecule has 2 aromatic carbocycles. The number of guanidine groups is 1. The molecule has 0 aliphatic carbocycles. The van der Waals surface area contributed by atoms with Crippen LogP contribution in [0.4, 0.5) is 5.69 Å².